The summed E-state index contributed by atoms with van der Waals surface area (Å²) >= 11 is 0. The van der Waals surface area contributed by atoms with E-state index in [1.807, 2.05) is 13.0 Å². The Morgan fingerprint density at radius 3 is 2.75 bits per heavy atom. The van der Waals surface area contributed by atoms with Crippen molar-refractivity contribution in [1.29, 1.82) is 5.26 Å². The van der Waals surface area contributed by atoms with Gasteiger partial charge in [0.1, 0.15) is 23.5 Å². The van der Waals surface area contributed by atoms with E-state index in [1.54, 1.807) is 24.3 Å². The first-order valence-corrected chi connectivity index (χ1v) is 6.10. The fourth-order valence-corrected chi connectivity index (χ4v) is 1.95. The number of anilines is 1. The molecule has 0 fully saturated rings. The zero-order chi connectivity index (χ0) is 14.5. The monoisotopic (exact) mass is 271 g/mol. The molecule has 4 nitrogen and oxygen atoms in total. The Balaban J connectivity index is 2.23. The maximum absolute atomic E-state index is 13.9. The van der Waals surface area contributed by atoms with Crippen LogP contribution in [0.2, 0.25) is 0 Å². The zero-order valence-electron chi connectivity index (χ0n) is 11.2. The smallest absolute Gasteiger partial charge is 0.132 e. The Morgan fingerprint density at radius 1 is 1.35 bits per heavy atom. The number of methoxy groups -OCH3 is 1. The lowest BCUT2D eigenvalue weighted by Gasteiger charge is -2.18. The Labute approximate surface area is 116 Å². The van der Waals surface area contributed by atoms with Crippen LogP contribution >= 0.6 is 0 Å². The zero-order valence-corrected chi connectivity index (χ0v) is 11.2. The van der Waals surface area contributed by atoms with Crippen LogP contribution in [0.1, 0.15) is 24.1 Å². The topological polar surface area (TPSA) is 57.9 Å². The van der Waals surface area contributed by atoms with E-state index in [1.165, 1.54) is 19.4 Å². The standard InChI is InChI=1S/C15H14FN3O/c1-10(15-12(16)4-3-5-13(15)20-2)19-14-7-6-11(8-17)9-18-14/h3-7,9-10H,1-2H3,(H,18,19)/t10-/m0/s1. The van der Waals surface area contributed by atoms with Crippen molar-refractivity contribution in [2.24, 2.45) is 0 Å². The van der Waals surface area contributed by atoms with Gasteiger partial charge in [-0.25, -0.2) is 9.37 Å². The summed E-state index contributed by atoms with van der Waals surface area (Å²) in [7, 11) is 1.50. The van der Waals surface area contributed by atoms with Crippen molar-refractivity contribution in [3.05, 3.63) is 53.5 Å². The highest BCUT2D eigenvalue weighted by atomic mass is 19.1. The number of ether oxygens (including phenoxy) is 1. The number of rotatable bonds is 4. The third kappa shape index (κ3) is 2.86. The molecule has 1 aromatic heterocycles. The van der Waals surface area contributed by atoms with Gasteiger partial charge in [-0.1, -0.05) is 6.07 Å². The fourth-order valence-electron chi connectivity index (χ4n) is 1.95. The van der Waals surface area contributed by atoms with Gasteiger partial charge in [-0.05, 0) is 31.2 Å². The van der Waals surface area contributed by atoms with Crippen LogP contribution in [0.15, 0.2) is 36.5 Å². The molecule has 1 heterocycles. The Hall–Kier alpha value is -2.61. The predicted octanol–water partition coefficient (Wildman–Crippen LogP) is 3.27. The van der Waals surface area contributed by atoms with Crippen LogP contribution < -0.4 is 10.1 Å². The van der Waals surface area contributed by atoms with Gasteiger partial charge in [0.25, 0.3) is 0 Å². The second-order valence-corrected chi connectivity index (χ2v) is 4.27. The van der Waals surface area contributed by atoms with Crippen LogP contribution in [-0.4, -0.2) is 12.1 Å². The van der Waals surface area contributed by atoms with Crippen molar-refractivity contribution >= 4 is 5.82 Å². The second kappa shape index (κ2) is 6.02. The van der Waals surface area contributed by atoms with Crippen molar-refractivity contribution in [1.82, 2.24) is 4.98 Å². The molecule has 1 atom stereocenters. The molecular formula is C15H14FN3O. The Bertz CT molecular complexity index is 635. The van der Waals surface area contributed by atoms with Crippen molar-refractivity contribution in [2.75, 3.05) is 12.4 Å². The van der Waals surface area contributed by atoms with Crippen molar-refractivity contribution in [2.45, 2.75) is 13.0 Å². The number of aromatic nitrogens is 1. The summed E-state index contributed by atoms with van der Waals surface area (Å²) in [5, 5.41) is 11.8. The van der Waals surface area contributed by atoms with Gasteiger partial charge >= 0.3 is 0 Å². The van der Waals surface area contributed by atoms with Crippen LogP contribution in [0.3, 0.4) is 0 Å². The molecule has 2 aromatic rings. The van der Waals surface area contributed by atoms with E-state index in [4.69, 9.17) is 10.00 Å². The summed E-state index contributed by atoms with van der Waals surface area (Å²) in [6, 6.07) is 9.72. The number of nitrogens with one attached hydrogen (secondary N) is 1. The lowest BCUT2D eigenvalue weighted by atomic mass is 10.1. The van der Waals surface area contributed by atoms with Crippen LogP contribution in [0.4, 0.5) is 10.2 Å². The lowest BCUT2D eigenvalue weighted by Crippen LogP contribution is -2.11. The number of halogens is 1. The summed E-state index contributed by atoms with van der Waals surface area (Å²) in [6.45, 7) is 1.82. The molecule has 0 aliphatic rings. The molecule has 102 valence electrons. The van der Waals surface area contributed by atoms with Gasteiger partial charge in [-0.15, -0.1) is 0 Å². The van der Waals surface area contributed by atoms with Crippen LogP contribution in [0.25, 0.3) is 0 Å². The SMILES string of the molecule is COc1cccc(F)c1[C@H](C)Nc1ccc(C#N)cn1. The molecule has 0 bridgehead atoms. The first kappa shape index (κ1) is 13.8. The van der Waals surface area contributed by atoms with E-state index >= 15 is 0 Å². The molecule has 0 aliphatic carbocycles. The summed E-state index contributed by atoms with van der Waals surface area (Å²) in [5.74, 6) is 0.721. The minimum atomic E-state index is -0.335. The highest BCUT2D eigenvalue weighted by molar-refractivity contribution is 5.45. The normalized spacial score (nSPS) is 11.5. The lowest BCUT2D eigenvalue weighted by molar-refractivity contribution is 0.402. The molecular weight excluding hydrogens is 257 g/mol. The van der Waals surface area contributed by atoms with E-state index in [2.05, 4.69) is 10.3 Å². The number of hydrogen-bond donors (Lipinski definition) is 1. The highest BCUT2D eigenvalue weighted by Crippen LogP contribution is 2.29. The molecule has 1 N–H and O–H groups in total. The van der Waals surface area contributed by atoms with Gasteiger partial charge in [-0.3, -0.25) is 0 Å². The molecule has 1 aromatic carbocycles. The third-order valence-corrected chi connectivity index (χ3v) is 2.92. The van der Waals surface area contributed by atoms with Gasteiger partial charge in [0, 0.05) is 6.20 Å². The molecule has 5 heteroatoms. The number of pyridine rings is 1. The average Bonchev–Trinajstić information content (AvgIpc) is 2.47. The van der Waals surface area contributed by atoms with Crippen LogP contribution in [-0.2, 0) is 0 Å². The molecule has 2 rings (SSSR count). The van der Waals surface area contributed by atoms with Crippen LogP contribution in [0, 0.1) is 17.1 Å². The van der Waals surface area contributed by atoms with E-state index in [0.29, 0.717) is 22.7 Å². The number of nitriles is 1. The average molecular weight is 271 g/mol. The maximum Gasteiger partial charge on any atom is 0.132 e. The molecule has 0 unspecified atom stereocenters. The van der Waals surface area contributed by atoms with Gasteiger partial charge < -0.3 is 10.1 Å². The van der Waals surface area contributed by atoms with Crippen LogP contribution in [0.5, 0.6) is 5.75 Å². The minimum absolute atomic E-state index is 0.313. The second-order valence-electron chi connectivity index (χ2n) is 4.27. The highest BCUT2D eigenvalue weighted by Gasteiger charge is 2.16. The third-order valence-electron chi connectivity index (χ3n) is 2.92. The van der Waals surface area contributed by atoms with E-state index in [-0.39, 0.29) is 11.9 Å². The molecule has 0 saturated heterocycles. The molecule has 0 spiro atoms. The quantitative estimate of drug-likeness (QED) is 0.927. The minimum Gasteiger partial charge on any atom is -0.496 e. The maximum atomic E-state index is 13.9. The summed E-state index contributed by atoms with van der Waals surface area (Å²) < 4.78 is 19.1. The largest absolute Gasteiger partial charge is 0.496 e. The molecule has 20 heavy (non-hydrogen) atoms. The van der Waals surface area contributed by atoms with E-state index < -0.39 is 0 Å². The van der Waals surface area contributed by atoms with Crippen molar-refractivity contribution in [3.8, 4) is 11.8 Å². The number of benzene rings is 1. The molecule has 0 amide bonds. The Kier molecular flexibility index (Phi) is 4.16. The van der Waals surface area contributed by atoms with Gasteiger partial charge in [0.2, 0.25) is 0 Å². The van der Waals surface area contributed by atoms with Crippen molar-refractivity contribution < 1.29 is 9.13 Å². The fraction of sp³-hybridized carbons (Fsp3) is 0.200. The van der Waals surface area contributed by atoms with E-state index in [0.717, 1.165) is 0 Å². The number of nitrogens with zero attached hydrogens (tertiary/aromatic N) is 2. The van der Waals surface area contributed by atoms with Crippen molar-refractivity contribution in [3.63, 3.8) is 0 Å². The van der Waals surface area contributed by atoms with Gasteiger partial charge in [-0.2, -0.15) is 5.26 Å². The molecule has 0 saturated carbocycles. The predicted molar refractivity (Wildman–Crippen MR) is 73.9 cm³/mol. The first-order chi connectivity index (χ1) is 9.65. The summed E-state index contributed by atoms with van der Waals surface area (Å²) in [5.41, 5.74) is 0.924. The van der Waals surface area contributed by atoms with Gasteiger partial charge in [0.05, 0.1) is 24.3 Å². The first-order valence-electron chi connectivity index (χ1n) is 6.10. The summed E-state index contributed by atoms with van der Waals surface area (Å²) in [4.78, 5) is 4.10. The van der Waals surface area contributed by atoms with Gasteiger partial charge in [0.15, 0.2) is 0 Å². The van der Waals surface area contributed by atoms with E-state index in [9.17, 15) is 4.39 Å². The molecule has 0 radical (unpaired) electrons. The molecule has 0 aliphatic heterocycles. The number of hydrogen-bond acceptors (Lipinski definition) is 4. The Morgan fingerprint density at radius 2 is 2.15 bits per heavy atom. The summed E-state index contributed by atoms with van der Waals surface area (Å²) in [6.07, 6.45) is 1.47.